The minimum atomic E-state index is 0. The molecule has 1 atom stereocenters. The summed E-state index contributed by atoms with van der Waals surface area (Å²) in [7, 11) is 0. The van der Waals surface area contributed by atoms with Crippen LogP contribution in [0.1, 0.15) is 52.1 Å². The number of aliphatic imine (C=N–C) groups is 1. The Kier molecular flexibility index (Phi) is 7.64. The fourth-order valence-electron chi connectivity index (χ4n) is 3.19. The van der Waals surface area contributed by atoms with Gasteiger partial charge in [-0.1, -0.05) is 45.9 Å². The van der Waals surface area contributed by atoms with Gasteiger partial charge in [-0.15, -0.1) is 24.0 Å². The summed E-state index contributed by atoms with van der Waals surface area (Å²) in [6.07, 6.45) is 2.05. The Hall–Kier alpha value is -0.980. The minimum absolute atomic E-state index is 0. The second-order valence-electron chi connectivity index (χ2n) is 7.34. The molecular formula is C18H30IN3O. The third-order valence-electron chi connectivity index (χ3n) is 3.92. The van der Waals surface area contributed by atoms with E-state index < -0.39 is 0 Å². The quantitative estimate of drug-likeness (QED) is 0.419. The molecule has 0 saturated heterocycles. The standard InChI is InChI=1S/C18H29N3O.HI/c1-13(2)11-18(3,4)12-20-17(19)21-15-9-10-22-16-8-6-5-7-14(15)16;/h5-8,13,15H,9-12H2,1-4H3,(H3,19,20,21);1H. The van der Waals surface area contributed by atoms with Crippen LogP contribution in [0.4, 0.5) is 0 Å². The summed E-state index contributed by atoms with van der Waals surface area (Å²) in [5.74, 6) is 2.14. The highest BCUT2D eigenvalue weighted by Gasteiger charge is 2.22. The lowest BCUT2D eigenvalue weighted by Crippen LogP contribution is -2.38. The van der Waals surface area contributed by atoms with E-state index >= 15 is 0 Å². The summed E-state index contributed by atoms with van der Waals surface area (Å²) in [5, 5.41) is 3.35. The number of hydrogen-bond acceptors (Lipinski definition) is 2. The largest absolute Gasteiger partial charge is 0.493 e. The maximum absolute atomic E-state index is 6.10. The van der Waals surface area contributed by atoms with E-state index in [0.29, 0.717) is 18.5 Å². The maximum atomic E-state index is 6.10. The van der Waals surface area contributed by atoms with E-state index in [9.17, 15) is 0 Å². The van der Waals surface area contributed by atoms with Gasteiger partial charge in [0.05, 0.1) is 12.6 Å². The van der Waals surface area contributed by atoms with Gasteiger partial charge >= 0.3 is 0 Å². The Morgan fingerprint density at radius 1 is 1.39 bits per heavy atom. The third-order valence-corrected chi connectivity index (χ3v) is 3.92. The molecule has 1 aliphatic rings. The molecule has 4 nitrogen and oxygen atoms in total. The Morgan fingerprint density at radius 3 is 2.78 bits per heavy atom. The molecule has 0 amide bonds. The fourth-order valence-corrected chi connectivity index (χ4v) is 3.19. The summed E-state index contributed by atoms with van der Waals surface area (Å²) < 4.78 is 5.67. The molecule has 23 heavy (non-hydrogen) atoms. The van der Waals surface area contributed by atoms with E-state index in [0.717, 1.165) is 30.7 Å². The first kappa shape index (κ1) is 20.1. The summed E-state index contributed by atoms with van der Waals surface area (Å²) in [4.78, 5) is 4.56. The van der Waals surface area contributed by atoms with Gasteiger partial charge < -0.3 is 15.8 Å². The molecule has 0 spiro atoms. The number of fused-ring (bicyclic) bond motifs is 1. The van der Waals surface area contributed by atoms with E-state index in [-0.39, 0.29) is 35.4 Å². The topological polar surface area (TPSA) is 59.6 Å². The van der Waals surface area contributed by atoms with Crippen LogP contribution in [-0.4, -0.2) is 19.1 Å². The molecule has 0 aromatic heterocycles. The van der Waals surface area contributed by atoms with Crippen LogP contribution >= 0.6 is 24.0 Å². The van der Waals surface area contributed by atoms with Gasteiger partial charge in [0.1, 0.15) is 5.75 Å². The molecule has 1 aromatic carbocycles. The van der Waals surface area contributed by atoms with Crippen LogP contribution in [0.15, 0.2) is 29.3 Å². The Morgan fingerprint density at radius 2 is 2.09 bits per heavy atom. The smallest absolute Gasteiger partial charge is 0.189 e. The fraction of sp³-hybridized carbons (Fsp3) is 0.611. The second kappa shape index (κ2) is 8.76. The van der Waals surface area contributed by atoms with Gasteiger partial charge in [-0.05, 0) is 23.8 Å². The van der Waals surface area contributed by atoms with Gasteiger partial charge in [-0.2, -0.15) is 0 Å². The SMILES string of the molecule is CC(C)CC(C)(C)CN=C(N)NC1CCOc2ccccc21.I. The number of nitrogens with one attached hydrogen (secondary N) is 1. The number of para-hydroxylation sites is 1. The number of hydrogen-bond donors (Lipinski definition) is 2. The second-order valence-corrected chi connectivity index (χ2v) is 7.34. The van der Waals surface area contributed by atoms with Crippen LogP contribution < -0.4 is 15.8 Å². The van der Waals surface area contributed by atoms with Crippen molar-refractivity contribution in [2.75, 3.05) is 13.2 Å². The molecule has 0 fully saturated rings. The van der Waals surface area contributed by atoms with Crippen molar-refractivity contribution in [1.29, 1.82) is 0 Å². The highest BCUT2D eigenvalue weighted by molar-refractivity contribution is 14.0. The van der Waals surface area contributed by atoms with Gasteiger partial charge in [0.25, 0.3) is 0 Å². The van der Waals surface area contributed by atoms with Crippen molar-refractivity contribution in [3.8, 4) is 5.75 Å². The summed E-state index contributed by atoms with van der Waals surface area (Å²) in [6.45, 7) is 10.4. The average molecular weight is 431 g/mol. The normalized spacial score (nSPS) is 18.0. The predicted molar refractivity (Wildman–Crippen MR) is 108 cm³/mol. The van der Waals surface area contributed by atoms with Crippen LogP contribution in [0.2, 0.25) is 0 Å². The maximum Gasteiger partial charge on any atom is 0.189 e. The van der Waals surface area contributed by atoms with Crippen LogP contribution in [0.5, 0.6) is 5.75 Å². The molecule has 1 heterocycles. The molecule has 1 aliphatic heterocycles. The predicted octanol–water partition coefficient (Wildman–Crippen LogP) is 4.10. The van der Waals surface area contributed by atoms with Crippen molar-refractivity contribution in [2.45, 2.75) is 46.6 Å². The van der Waals surface area contributed by atoms with E-state index in [4.69, 9.17) is 10.5 Å². The van der Waals surface area contributed by atoms with E-state index in [1.807, 2.05) is 18.2 Å². The molecule has 0 bridgehead atoms. The molecule has 0 saturated carbocycles. The van der Waals surface area contributed by atoms with Crippen LogP contribution in [0.3, 0.4) is 0 Å². The van der Waals surface area contributed by atoms with Crippen molar-refractivity contribution in [3.05, 3.63) is 29.8 Å². The number of benzene rings is 1. The minimum Gasteiger partial charge on any atom is -0.493 e. The lowest BCUT2D eigenvalue weighted by atomic mass is 9.84. The summed E-state index contributed by atoms with van der Waals surface area (Å²) in [6, 6.07) is 8.29. The zero-order chi connectivity index (χ0) is 16.2. The molecular weight excluding hydrogens is 401 g/mol. The van der Waals surface area contributed by atoms with Crippen LogP contribution in [0.25, 0.3) is 0 Å². The lowest BCUT2D eigenvalue weighted by molar-refractivity contribution is 0.261. The first-order valence-electron chi connectivity index (χ1n) is 8.15. The Balaban J connectivity index is 0.00000264. The highest BCUT2D eigenvalue weighted by atomic mass is 127. The molecule has 1 aromatic rings. The molecule has 130 valence electrons. The zero-order valence-electron chi connectivity index (χ0n) is 14.6. The lowest BCUT2D eigenvalue weighted by Gasteiger charge is -2.28. The van der Waals surface area contributed by atoms with Gasteiger partial charge in [0, 0.05) is 18.5 Å². The molecule has 0 radical (unpaired) electrons. The third kappa shape index (κ3) is 6.20. The number of guanidine groups is 1. The van der Waals surface area contributed by atoms with Crippen molar-refractivity contribution in [1.82, 2.24) is 5.32 Å². The monoisotopic (exact) mass is 431 g/mol. The van der Waals surface area contributed by atoms with Crippen molar-refractivity contribution in [2.24, 2.45) is 22.1 Å². The number of rotatable bonds is 5. The van der Waals surface area contributed by atoms with E-state index in [1.54, 1.807) is 0 Å². The van der Waals surface area contributed by atoms with Crippen LogP contribution in [-0.2, 0) is 0 Å². The first-order valence-corrected chi connectivity index (χ1v) is 8.15. The highest BCUT2D eigenvalue weighted by Crippen LogP contribution is 2.31. The molecule has 3 N–H and O–H groups in total. The number of nitrogens with zero attached hydrogens (tertiary/aromatic N) is 1. The van der Waals surface area contributed by atoms with Gasteiger partial charge in [-0.3, -0.25) is 4.99 Å². The van der Waals surface area contributed by atoms with Gasteiger partial charge in [0.15, 0.2) is 5.96 Å². The summed E-state index contributed by atoms with van der Waals surface area (Å²) >= 11 is 0. The van der Waals surface area contributed by atoms with E-state index in [2.05, 4.69) is 44.1 Å². The van der Waals surface area contributed by atoms with Crippen molar-refractivity contribution < 1.29 is 4.74 Å². The molecule has 1 unspecified atom stereocenters. The van der Waals surface area contributed by atoms with Crippen molar-refractivity contribution in [3.63, 3.8) is 0 Å². The van der Waals surface area contributed by atoms with Gasteiger partial charge in [0.2, 0.25) is 0 Å². The number of ether oxygens (including phenoxy) is 1. The number of halogens is 1. The summed E-state index contributed by atoms with van der Waals surface area (Å²) in [5.41, 5.74) is 7.43. The van der Waals surface area contributed by atoms with Gasteiger partial charge in [-0.25, -0.2) is 0 Å². The van der Waals surface area contributed by atoms with Crippen molar-refractivity contribution >= 4 is 29.9 Å². The van der Waals surface area contributed by atoms with E-state index in [1.165, 1.54) is 0 Å². The average Bonchev–Trinajstić information content (AvgIpc) is 2.44. The number of nitrogens with two attached hydrogens (primary N) is 1. The van der Waals surface area contributed by atoms with Crippen LogP contribution in [0, 0.1) is 11.3 Å². The molecule has 0 aliphatic carbocycles. The zero-order valence-corrected chi connectivity index (χ0v) is 17.0. The molecule has 2 rings (SSSR count). The molecule has 5 heteroatoms. The first-order chi connectivity index (χ1) is 10.4. The Labute approximate surface area is 157 Å². The Bertz CT molecular complexity index is 529.